The number of aryl methyl sites for hydroxylation is 2. The van der Waals surface area contributed by atoms with Crippen LogP contribution in [0.4, 0.5) is 0 Å². The summed E-state index contributed by atoms with van der Waals surface area (Å²) in [5.74, 6) is 0.200. The standard InChI is InChI=1S/C16H19NO2/c18-15(11-17-9-2-1-6-16(17)19)14-8-7-12-4-3-5-13(12)10-14/h7-8,10H,1-6,9,11H2. The van der Waals surface area contributed by atoms with Gasteiger partial charge in [-0.1, -0.05) is 12.1 Å². The van der Waals surface area contributed by atoms with Gasteiger partial charge in [-0.05, 0) is 49.3 Å². The molecule has 0 spiro atoms. The summed E-state index contributed by atoms with van der Waals surface area (Å²) in [6.07, 6.45) is 5.98. The van der Waals surface area contributed by atoms with Crippen LogP contribution < -0.4 is 0 Å². The van der Waals surface area contributed by atoms with Gasteiger partial charge in [-0.25, -0.2) is 0 Å². The van der Waals surface area contributed by atoms with Crippen molar-refractivity contribution in [2.45, 2.75) is 38.5 Å². The molecule has 100 valence electrons. The maximum absolute atomic E-state index is 12.3. The highest BCUT2D eigenvalue weighted by molar-refractivity contribution is 5.99. The fraction of sp³-hybridized carbons (Fsp3) is 0.500. The Morgan fingerprint density at radius 1 is 1.05 bits per heavy atom. The zero-order valence-electron chi connectivity index (χ0n) is 11.2. The van der Waals surface area contributed by atoms with Crippen molar-refractivity contribution in [2.75, 3.05) is 13.1 Å². The van der Waals surface area contributed by atoms with Crippen LogP contribution >= 0.6 is 0 Å². The Bertz CT molecular complexity index is 521. The molecular weight excluding hydrogens is 238 g/mol. The molecule has 0 unspecified atom stereocenters. The summed E-state index contributed by atoms with van der Waals surface area (Å²) in [7, 11) is 0. The highest BCUT2D eigenvalue weighted by Crippen LogP contribution is 2.23. The molecule has 1 fully saturated rings. The first kappa shape index (κ1) is 12.4. The minimum absolute atomic E-state index is 0.0740. The van der Waals surface area contributed by atoms with Gasteiger partial charge in [0, 0.05) is 18.5 Å². The van der Waals surface area contributed by atoms with Crippen molar-refractivity contribution >= 4 is 11.7 Å². The van der Waals surface area contributed by atoms with Gasteiger partial charge >= 0.3 is 0 Å². The lowest BCUT2D eigenvalue weighted by atomic mass is 10.0. The molecule has 0 N–H and O–H groups in total. The van der Waals surface area contributed by atoms with Gasteiger partial charge in [-0.15, -0.1) is 0 Å². The molecule has 19 heavy (non-hydrogen) atoms. The number of hydrogen-bond acceptors (Lipinski definition) is 2. The maximum Gasteiger partial charge on any atom is 0.222 e. The van der Waals surface area contributed by atoms with Crippen molar-refractivity contribution in [3.05, 3.63) is 34.9 Å². The van der Waals surface area contributed by atoms with Crippen molar-refractivity contribution in [1.82, 2.24) is 4.90 Å². The Labute approximate surface area is 113 Å². The Kier molecular flexibility index (Phi) is 3.36. The average molecular weight is 257 g/mol. The highest BCUT2D eigenvalue weighted by Gasteiger charge is 2.21. The van der Waals surface area contributed by atoms with E-state index < -0.39 is 0 Å². The lowest BCUT2D eigenvalue weighted by Crippen LogP contribution is -2.39. The summed E-state index contributed by atoms with van der Waals surface area (Å²) >= 11 is 0. The first-order chi connectivity index (χ1) is 9.24. The molecule has 3 nitrogen and oxygen atoms in total. The molecule has 1 heterocycles. The third kappa shape index (κ3) is 2.55. The largest absolute Gasteiger partial charge is 0.335 e. The van der Waals surface area contributed by atoms with Crippen LogP contribution in [0.1, 0.15) is 47.2 Å². The van der Waals surface area contributed by atoms with E-state index in [1.807, 2.05) is 12.1 Å². The maximum atomic E-state index is 12.3. The van der Waals surface area contributed by atoms with Crippen LogP contribution in [0.2, 0.25) is 0 Å². The van der Waals surface area contributed by atoms with Gasteiger partial charge in [0.25, 0.3) is 0 Å². The van der Waals surface area contributed by atoms with Gasteiger partial charge in [-0.2, -0.15) is 0 Å². The van der Waals surface area contributed by atoms with Crippen LogP contribution in [0.5, 0.6) is 0 Å². The third-order valence-corrected chi connectivity index (χ3v) is 4.18. The highest BCUT2D eigenvalue weighted by atomic mass is 16.2. The predicted octanol–water partition coefficient (Wildman–Crippen LogP) is 2.37. The number of likely N-dealkylation sites (tertiary alicyclic amines) is 1. The van der Waals surface area contributed by atoms with Gasteiger partial charge in [0.1, 0.15) is 0 Å². The average Bonchev–Trinajstić information content (AvgIpc) is 2.88. The fourth-order valence-corrected chi connectivity index (χ4v) is 3.04. The molecule has 0 aromatic heterocycles. The topological polar surface area (TPSA) is 37.4 Å². The van der Waals surface area contributed by atoms with Crippen molar-refractivity contribution in [1.29, 1.82) is 0 Å². The number of nitrogens with zero attached hydrogens (tertiary/aromatic N) is 1. The molecule has 2 aliphatic rings. The van der Waals surface area contributed by atoms with E-state index in [-0.39, 0.29) is 18.2 Å². The fourth-order valence-electron chi connectivity index (χ4n) is 3.04. The number of benzene rings is 1. The normalized spacial score (nSPS) is 18.5. The molecule has 1 amide bonds. The number of piperidine rings is 1. The summed E-state index contributed by atoms with van der Waals surface area (Å²) in [4.78, 5) is 25.7. The summed E-state index contributed by atoms with van der Waals surface area (Å²) in [6, 6.07) is 6.02. The molecule has 3 heteroatoms. The summed E-state index contributed by atoms with van der Waals surface area (Å²) in [6.45, 7) is 0.979. The Hall–Kier alpha value is -1.64. The van der Waals surface area contributed by atoms with Crippen molar-refractivity contribution in [3.63, 3.8) is 0 Å². The van der Waals surface area contributed by atoms with Gasteiger partial charge in [-0.3, -0.25) is 9.59 Å². The Morgan fingerprint density at radius 2 is 1.89 bits per heavy atom. The van der Waals surface area contributed by atoms with Crippen molar-refractivity contribution in [2.24, 2.45) is 0 Å². The van der Waals surface area contributed by atoms with Gasteiger partial charge in [0.05, 0.1) is 6.54 Å². The van der Waals surface area contributed by atoms with Crippen LogP contribution in [0.3, 0.4) is 0 Å². The molecule has 0 atom stereocenters. The number of Topliss-reactive ketones (excluding diaryl/α,β-unsaturated/α-hetero) is 1. The molecule has 1 aliphatic carbocycles. The number of ketones is 1. The molecule has 1 aliphatic heterocycles. The van der Waals surface area contributed by atoms with E-state index >= 15 is 0 Å². The second-order valence-corrected chi connectivity index (χ2v) is 5.53. The minimum atomic E-state index is 0.0740. The number of amides is 1. The SMILES string of the molecule is O=C(CN1CCCCC1=O)c1ccc2c(c1)CCC2. The minimum Gasteiger partial charge on any atom is -0.335 e. The second-order valence-electron chi connectivity index (χ2n) is 5.53. The lowest BCUT2D eigenvalue weighted by Gasteiger charge is -2.26. The van der Waals surface area contributed by atoms with E-state index in [2.05, 4.69) is 6.07 Å². The molecule has 1 aromatic rings. The van der Waals surface area contributed by atoms with E-state index in [0.717, 1.165) is 37.8 Å². The van der Waals surface area contributed by atoms with Crippen LogP contribution in [0.25, 0.3) is 0 Å². The Balaban J connectivity index is 1.71. The lowest BCUT2D eigenvalue weighted by molar-refractivity contribution is -0.132. The monoisotopic (exact) mass is 257 g/mol. The summed E-state index contributed by atoms with van der Waals surface area (Å²) in [5.41, 5.74) is 3.46. The number of fused-ring (bicyclic) bond motifs is 1. The van der Waals surface area contributed by atoms with Crippen LogP contribution in [-0.4, -0.2) is 29.7 Å². The van der Waals surface area contributed by atoms with E-state index in [1.165, 1.54) is 17.5 Å². The van der Waals surface area contributed by atoms with Crippen molar-refractivity contribution < 1.29 is 9.59 Å². The third-order valence-electron chi connectivity index (χ3n) is 4.18. The van der Waals surface area contributed by atoms with E-state index in [0.29, 0.717) is 6.42 Å². The van der Waals surface area contributed by atoms with Crippen molar-refractivity contribution in [3.8, 4) is 0 Å². The molecule has 0 bridgehead atoms. The second kappa shape index (κ2) is 5.16. The van der Waals surface area contributed by atoms with Gasteiger partial charge in [0.15, 0.2) is 5.78 Å². The first-order valence-electron chi connectivity index (χ1n) is 7.17. The molecule has 3 rings (SSSR count). The number of carbonyl (C=O) groups is 2. The molecule has 1 aromatic carbocycles. The molecule has 0 radical (unpaired) electrons. The van der Waals surface area contributed by atoms with E-state index in [1.54, 1.807) is 4.90 Å². The van der Waals surface area contributed by atoms with Gasteiger partial charge in [0.2, 0.25) is 5.91 Å². The van der Waals surface area contributed by atoms with Crippen LogP contribution in [0, 0.1) is 0 Å². The first-order valence-corrected chi connectivity index (χ1v) is 7.17. The van der Waals surface area contributed by atoms with E-state index in [4.69, 9.17) is 0 Å². The van der Waals surface area contributed by atoms with Crippen LogP contribution in [-0.2, 0) is 17.6 Å². The molecular formula is C16H19NO2. The number of rotatable bonds is 3. The zero-order chi connectivity index (χ0) is 13.2. The Morgan fingerprint density at radius 3 is 2.74 bits per heavy atom. The zero-order valence-corrected chi connectivity index (χ0v) is 11.2. The predicted molar refractivity (Wildman–Crippen MR) is 73.2 cm³/mol. The summed E-state index contributed by atoms with van der Waals surface area (Å²) < 4.78 is 0. The van der Waals surface area contributed by atoms with E-state index in [9.17, 15) is 9.59 Å². The quantitative estimate of drug-likeness (QED) is 0.780. The van der Waals surface area contributed by atoms with Gasteiger partial charge < -0.3 is 4.90 Å². The number of carbonyl (C=O) groups excluding carboxylic acids is 2. The molecule has 1 saturated heterocycles. The molecule has 0 saturated carbocycles. The smallest absolute Gasteiger partial charge is 0.222 e. The summed E-state index contributed by atoms with van der Waals surface area (Å²) in [5, 5.41) is 0. The van der Waals surface area contributed by atoms with Crippen LogP contribution in [0.15, 0.2) is 18.2 Å². The number of hydrogen-bond donors (Lipinski definition) is 0.